The number of carbonyl (C=O) groups is 1. The molecule has 1 aliphatic heterocycles. The fourth-order valence-corrected chi connectivity index (χ4v) is 2.92. The van der Waals surface area contributed by atoms with Crippen molar-refractivity contribution in [3.63, 3.8) is 0 Å². The van der Waals surface area contributed by atoms with Gasteiger partial charge in [0.1, 0.15) is 0 Å². The highest BCUT2D eigenvalue weighted by Gasteiger charge is 2.23. The molecular formula is C12H21Cl2N3O2S. The SMILES string of the molecule is Cl.Cl.NCC(=O)NCC(c1cccs1)N1CCOCC1. The van der Waals surface area contributed by atoms with Crippen molar-refractivity contribution in [3.8, 4) is 0 Å². The second-order valence-electron chi connectivity index (χ2n) is 4.19. The van der Waals surface area contributed by atoms with E-state index in [0.717, 1.165) is 26.3 Å². The zero-order valence-electron chi connectivity index (χ0n) is 11.1. The van der Waals surface area contributed by atoms with E-state index in [1.54, 1.807) is 11.3 Å². The summed E-state index contributed by atoms with van der Waals surface area (Å²) in [5.74, 6) is -0.107. The van der Waals surface area contributed by atoms with Gasteiger partial charge in [-0.3, -0.25) is 9.69 Å². The van der Waals surface area contributed by atoms with Gasteiger partial charge in [-0.1, -0.05) is 6.07 Å². The Morgan fingerprint density at radius 2 is 2.15 bits per heavy atom. The normalized spacial score (nSPS) is 16.6. The van der Waals surface area contributed by atoms with Crippen LogP contribution in [0.2, 0.25) is 0 Å². The molecule has 1 aliphatic rings. The number of carbonyl (C=O) groups excluding carboxylic acids is 1. The van der Waals surface area contributed by atoms with Gasteiger partial charge in [0.05, 0.1) is 25.8 Å². The van der Waals surface area contributed by atoms with Gasteiger partial charge in [0, 0.05) is 24.5 Å². The molecule has 1 atom stereocenters. The van der Waals surface area contributed by atoms with Gasteiger partial charge in [-0.15, -0.1) is 36.2 Å². The monoisotopic (exact) mass is 341 g/mol. The van der Waals surface area contributed by atoms with Gasteiger partial charge in [-0.2, -0.15) is 0 Å². The molecule has 1 saturated heterocycles. The quantitative estimate of drug-likeness (QED) is 0.839. The fraction of sp³-hybridized carbons (Fsp3) is 0.583. The molecule has 0 spiro atoms. The van der Waals surface area contributed by atoms with Crippen molar-refractivity contribution >= 4 is 42.1 Å². The average Bonchev–Trinajstić information content (AvgIpc) is 2.94. The summed E-state index contributed by atoms with van der Waals surface area (Å²) in [7, 11) is 0. The van der Waals surface area contributed by atoms with Crippen molar-refractivity contribution < 1.29 is 9.53 Å². The largest absolute Gasteiger partial charge is 0.379 e. The molecule has 2 rings (SSSR count). The van der Waals surface area contributed by atoms with Crippen LogP contribution in [0.1, 0.15) is 10.9 Å². The molecule has 1 fully saturated rings. The zero-order valence-corrected chi connectivity index (χ0v) is 13.6. The van der Waals surface area contributed by atoms with Crippen LogP contribution in [0.4, 0.5) is 0 Å². The minimum absolute atomic E-state index is 0. The van der Waals surface area contributed by atoms with Gasteiger partial charge in [-0.25, -0.2) is 0 Å². The number of halogens is 2. The van der Waals surface area contributed by atoms with Crippen LogP contribution in [0.15, 0.2) is 17.5 Å². The average molecular weight is 342 g/mol. The molecule has 0 aromatic carbocycles. The lowest BCUT2D eigenvalue weighted by Crippen LogP contribution is -2.44. The Bertz CT molecular complexity index is 373. The van der Waals surface area contributed by atoms with Crippen molar-refractivity contribution in [2.75, 3.05) is 39.4 Å². The molecule has 1 aromatic rings. The first-order valence-electron chi connectivity index (χ1n) is 6.13. The van der Waals surface area contributed by atoms with E-state index in [1.807, 2.05) is 6.07 Å². The fourth-order valence-electron chi connectivity index (χ4n) is 2.06. The third kappa shape index (κ3) is 5.55. The van der Waals surface area contributed by atoms with Gasteiger partial charge >= 0.3 is 0 Å². The highest BCUT2D eigenvalue weighted by molar-refractivity contribution is 7.10. The molecule has 0 bridgehead atoms. The van der Waals surface area contributed by atoms with Crippen LogP contribution in [0.25, 0.3) is 0 Å². The molecule has 0 aliphatic carbocycles. The molecule has 2 heterocycles. The minimum Gasteiger partial charge on any atom is -0.379 e. The Morgan fingerprint density at radius 1 is 1.45 bits per heavy atom. The van der Waals surface area contributed by atoms with E-state index in [0.29, 0.717) is 6.54 Å². The molecule has 20 heavy (non-hydrogen) atoms. The number of hydrogen-bond acceptors (Lipinski definition) is 5. The number of nitrogens with zero attached hydrogens (tertiary/aromatic N) is 1. The number of nitrogens with one attached hydrogen (secondary N) is 1. The van der Waals surface area contributed by atoms with Crippen LogP contribution in [0.3, 0.4) is 0 Å². The van der Waals surface area contributed by atoms with Gasteiger partial charge < -0.3 is 15.8 Å². The lowest BCUT2D eigenvalue weighted by atomic mass is 10.2. The van der Waals surface area contributed by atoms with E-state index in [2.05, 4.69) is 21.7 Å². The Morgan fingerprint density at radius 3 is 2.70 bits per heavy atom. The van der Waals surface area contributed by atoms with E-state index in [1.165, 1.54) is 4.88 Å². The van der Waals surface area contributed by atoms with Crippen molar-refractivity contribution in [1.82, 2.24) is 10.2 Å². The number of morpholine rings is 1. The van der Waals surface area contributed by atoms with Gasteiger partial charge in [0.25, 0.3) is 0 Å². The maximum absolute atomic E-state index is 11.3. The van der Waals surface area contributed by atoms with Crippen LogP contribution < -0.4 is 11.1 Å². The summed E-state index contributed by atoms with van der Waals surface area (Å²) in [5.41, 5.74) is 5.31. The van der Waals surface area contributed by atoms with Crippen LogP contribution in [0, 0.1) is 0 Å². The summed E-state index contributed by atoms with van der Waals surface area (Å²) >= 11 is 1.72. The van der Waals surface area contributed by atoms with Crippen molar-refractivity contribution in [3.05, 3.63) is 22.4 Å². The van der Waals surface area contributed by atoms with Crippen LogP contribution >= 0.6 is 36.2 Å². The molecule has 1 unspecified atom stereocenters. The number of thiophene rings is 1. The highest BCUT2D eigenvalue weighted by atomic mass is 35.5. The lowest BCUT2D eigenvalue weighted by Gasteiger charge is -2.34. The van der Waals surface area contributed by atoms with Crippen molar-refractivity contribution in [2.24, 2.45) is 5.73 Å². The second kappa shape index (κ2) is 10.4. The Balaban J connectivity index is 0.00000180. The topological polar surface area (TPSA) is 67.6 Å². The molecule has 116 valence electrons. The van der Waals surface area contributed by atoms with Gasteiger partial charge in [0.15, 0.2) is 0 Å². The van der Waals surface area contributed by atoms with E-state index in [4.69, 9.17) is 10.5 Å². The number of nitrogens with two attached hydrogens (primary N) is 1. The van der Waals surface area contributed by atoms with E-state index >= 15 is 0 Å². The van der Waals surface area contributed by atoms with Crippen LogP contribution in [-0.2, 0) is 9.53 Å². The zero-order chi connectivity index (χ0) is 12.8. The third-order valence-electron chi connectivity index (χ3n) is 3.04. The predicted octanol–water partition coefficient (Wildman–Crippen LogP) is 1.04. The predicted molar refractivity (Wildman–Crippen MR) is 86.0 cm³/mol. The Hall–Kier alpha value is -0.370. The molecule has 1 aromatic heterocycles. The summed E-state index contributed by atoms with van der Waals surface area (Å²) in [5, 5.41) is 4.94. The van der Waals surface area contributed by atoms with E-state index < -0.39 is 0 Å². The summed E-state index contributed by atoms with van der Waals surface area (Å²) in [6.07, 6.45) is 0. The molecule has 5 nitrogen and oxygen atoms in total. The van der Waals surface area contributed by atoms with Crippen LogP contribution in [0.5, 0.6) is 0 Å². The standard InChI is InChI=1S/C12H19N3O2S.2ClH/c13-8-12(16)14-9-10(11-2-1-7-18-11)15-3-5-17-6-4-15;;/h1-2,7,10H,3-6,8-9,13H2,(H,14,16);2*1H. The van der Waals surface area contributed by atoms with Gasteiger partial charge in [0.2, 0.25) is 5.91 Å². The number of amides is 1. The number of hydrogen-bond donors (Lipinski definition) is 2. The summed E-state index contributed by atoms with van der Waals surface area (Å²) in [6.45, 7) is 3.97. The Labute approximate surface area is 135 Å². The molecule has 0 saturated carbocycles. The molecule has 8 heteroatoms. The first-order valence-corrected chi connectivity index (χ1v) is 7.01. The van der Waals surface area contributed by atoms with Crippen molar-refractivity contribution in [2.45, 2.75) is 6.04 Å². The number of ether oxygens (including phenoxy) is 1. The first kappa shape index (κ1) is 19.6. The molecule has 0 radical (unpaired) electrons. The van der Waals surface area contributed by atoms with Gasteiger partial charge in [-0.05, 0) is 11.4 Å². The molecular weight excluding hydrogens is 321 g/mol. The third-order valence-corrected chi connectivity index (χ3v) is 4.01. The van der Waals surface area contributed by atoms with Crippen LogP contribution in [-0.4, -0.2) is 50.2 Å². The second-order valence-corrected chi connectivity index (χ2v) is 5.17. The highest BCUT2D eigenvalue weighted by Crippen LogP contribution is 2.25. The Kier molecular flexibility index (Phi) is 10.2. The minimum atomic E-state index is -0.107. The molecule has 1 amide bonds. The lowest BCUT2D eigenvalue weighted by molar-refractivity contribution is -0.120. The summed E-state index contributed by atoms with van der Waals surface area (Å²) in [4.78, 5) is 14.9. The van der Waals surface area contributed by atoms with Crippen molar-refractivity contribution in [1.29, 1.82) is 0 Å². The number of rotatable bonds is 5. The molecule has 3 N–H and O–H groups in total. The first-order chi connectivity index (χ1) is 8.81. The summed E-state index contributed by atoms with van der Waals surface area (Å²) < 4.78 is 5.37. The maximum atomic E-state index is 11.3. The maximum Gasteiger partial charge on any atom is 0.233 e. The summed E-state index contributed by atoms with van der Waals surface area (Å²) in [6, 6.07) is 4.38. The van der Waals surface area contributed by atoms with E-state index in [-0.39, 0.29) is 43.3 Å². The smallest absolute Gasteiger partial charge is 0.233 e. The van der Waals surface area contributed by atoms with E-state index in [9.17, 15) is 4.79 Å².